The molecular formula is C18H30O4. The van der Waals surface area contributed by atoms with Crippen LogP contribution < -0.4 is 0 Å². The summed E-state index contributed by atoms with van der Waals surface area (Å²) in [6, 6.07) is 0. The second kappa shape index (κ2) is 7.47. The van der Waals surface area contributed by atoms with Crippen LogP contribution in [0.15, 0.2) is 0 Å². The summed E-state index contributed by atoms with van der Waals surface area (Å²) in [6.45, 7) is 0. The maximum absolute atomic E-state index is 11.3. The van der Waals surface area contributed by atoms with Gasteiger partial charge in [-0.25, -0.2) is 0 Å². The molecule has 4 heteroatoms. The van der Waals surface area contributed by atoms with Crippen molar-refractivity contribution in [3.8, 4) is 0 Å². The Morgan fingerprint density at radius 2 is 0.955 bits per heavy atom. The minimum absolute atomic E-state index is 0.0764. The smallest absolute Gasteiger partial charge is 0.303 e. The second-order valence-electron chi connectivity index (χ2n) is 7.76. The van der Waals surface area contributed by atoms with Gasteiger partial charge in [0.05, 0.1) is 12.8 Å². The predicted octanol–water partition coefficient (Wildman–Crippen LogP) is 4.62. The van der Waals surface area contributed by atoms with Crippen LogP contribution in [0.5, 0.6) is 0 Å². The lowest BCUT2D eigenvalue weighted by Crippen LogP contribution is -2.33. The average molecular weight is 310 g/mol. The van der Waals surface area contributed by atoms with Crippen LogP contribution in [0.25, 0.3) is 0 Å². The van der Waals surface area contributed by atoms with Gasteiger partial charge in [-0.15, -0.1) is 0 Å². The molecule has 0 unspecified atom stereocenters. The van der Waals surface area contributed by atoms with E-state index in [0.717, 1.165) is 64.2 Å². The Labute approximate surface area is 133 Å². The zero-order valence-corrected chi connectivity index (χ0v) is 13.6. The first kappa shape index (κ1) is 17.3. The van der Waals surface area contributed by atoms with Crippen LogP contribution in [0.1, 0.15) is 89.9 Å². The predicted molar refractivity (Wildman–Crippen MR) is 84.8 cm³/mol. The minimum atomic E-state index is -0.696. The zero-order chi connectivity index (χ0) is 16.1. The van der Waals surface area contributed by atoms with Crippen molar-refractivity contribution < 1.29 is 19.8 Å². The van der Waals surface area contributed by atoms with E-state index in [2.05, 4.69) is 0 Å². The zero-order valence-electron chi connectivity index (χ0n) is 13.6. The number of carboxylic acid groups (broad SMARTS) is 2. The van der Waals surface area contributed by atoms with Gasteiger partial charge in [-0.05, 0) is 49.4 Å². The van der Waals surface area contributed by atoms with Gasteiger partial charge in [-0.3, -0.25) is 9.59 Å². The van der Waals surface area contributed by atoms with Gasteiger partial charge in [0, 0.05) is 0 Å². The first-order valence-electron chi connectivity index (χ1n) is 8.89. The standard InChI is InChI=1S/C18H30O4/c19-15(20)13-17(7-3-1-4-8-17)11-12-18(14-16(21)22)9-5-2-6-10-18/h1-14H2,(H,19,20)(H,21,22). The summed E-state index contributed by atoms with van der Waals surface area (Å²) in [5.74, 6) is -1.39. The van der Waals surface area contributed by atoms with Crippen molar-refractivity contribution in [3.63, 3.8) is 0 Å². The molecule has 2 fully saturated rings. The molecule has 22 heavy (non-hydrogen) atoms. The summed E-state index contributed by atoms with van der Waals surface area (Å²) in [6.07, 6.45) is 13.2. The number of carbonyl (C=O) groups is 2. The summed E-state index contributed by atoms with van der Waals surface area (Å²) in [5, 5.41) is 18.6. The van der Waals surface area contributed by atoms with E-state index in [1.165, 1.54) is 12.8 Å². The Morgan fingerprint density at radius 3 is 1.23 bits per heavy atom. The van der Waals surface area contributed by atoms with Crippen LogP contribution in [0.4, 0.5) is 0 Å². The van der Waals surface area contributed by atoms with Gasteiger partial charge in [-0.1, -0.05) is 38.5 Å². The van der Waals surface area contributed by atoms with Crippen molar-refractivity contribution in [1.82, 2.24) is 0 Å². The number of rotatable bonds is 7. The molecule has 0 spiro atoms. The molecule has 2 aliphatic rings. The monoisotopic (exact) mass is 310 g/mol. The number of hydrogen-bond donors (Lipinski definition) is 2. The highest BCUT2D eigenvalue weighted by Crippen LogP contribution is 2.49. The number of hydrogen-bond acceptors (Lipinski definition) is 2. The lowest BCUT2D eigenvalue weighted by atomic mass is 9.62. The third kappa shape index (κ3) is 4.72. The molecule has 0 aromatic rings. The summed E-state index contributed by atoms with van der Waals surface area (Å²) >= 11 is 0. The van der Waals surface area contributed by atoms with E-state index in [4.69, 9.17) is 0 Å². The molecule has 0 radical (unpaired) electrons. The topological polar surface area (TPSA) is 74.6 Å². The molecular weight excluding hydrogens is 280 g/mol. The van der Waals surface area contributed by atoms with E-state index in [-0.39, 0.29) is 23.7 Å². The fourth-order valence-electron chi connectivity index (χ4n) is 4.81. The van der Waals surface area contributed by atoms with Crippen molar-refractivity contribution in [2.45, 2.75) is 89.9 Å². The Kier molecular flexibility index (Phi) is 5.87. The maximum atomic E-state index is 11.3. The Morgan fingerprint density at radius 1 is 0.636 bits per heavy atom. The molecule has 2 rings (SSSR count). The van der Waals surface area contributed by atoms with Crippen LogP contribution in [0.2, 0.25) is 0 Å². The van der Waals surface area contributed by atoms with Gasteiger partial charge in [0.15, 0.2) is 0 Å². The van der Waals surface area contributed by atoms with Crippen molar-refractivity contribution in [2.75, 3.05) is 0 Å². The molecule has 126 valence electrons. The SMILES string of the molecule is O=C(O)CC1(CCC2(CC(=O)O)CCCCC2)CCCCC1. The Hall–Kier alpha value is -1.06. The number of carboxylic acids is 2. The highest BCUT2D eigenvalue weighted by atomic mass is 16.4. The van der Waals surface area contributed by atoms with E-state index in [0.29, 0.717) is 0 Å². The third-order valence-electron chi connectivity index (χ3n) is 6.07. The van der Waals surface area contributed by atoms with Crippen LogP contribution in [0, 0.1) is 10.8 Å². The molecule has 0 aromatic carbocycles. The van der Waals surface area contributed by atoms with Crippen molar-refractivity contribution >= 4 is 11.9 Å². The van der Waals surface area contributed by atoms with Crippen LogP contribution in [-0.4, -0.2) is 22.2 Å². The molecule has 0 amide bonds. The highest BCUT2D eigenvalue weighted by molar-refractivity contribution is 5.68. The fraction of sp³-hybridized carbons (Fsp3) is 0.889. The van der Waals surface area contributed by atoms with Crippen molar-refractivity contribution in [1.29, 1.82) is 0 Å². The summed E-state index contributed by atoms with van der Waals surface area (Å²) in [5.41, 5.74) is -0.153. The molecule has 0 bridgehead atoms. The molecule has 0 aliphatic heterocycles. The molecule has 4 nitrogen and oxygen atoms in total. The molecule has 0 atom stereocenters. The molecule has 2 aliphatic carbocycles. The summed E-state index contributed by atoms with van der Waals surface area (Å²) in [7, 11) is 0. The van der Waals surface area contributed by atoms with Gasteiger partial charge in [-0.2, -0.15) is 0 Å². The van der Waals surface area contributed by atoms with Gasteiger partial charge in [0.1, 0.15) is 0 Å². The molecule has 0 aromatic heterocycles. The second-order valence-corrected chi connectivity index (χ2v) is 7.76. The Balaban J connectivity index is 2.04. The van der Waals surface area contributed by atoms with Gasteiger partial charge >= 0.3 is 11.9 Å². The van der Waals surface area contributed by atoms with E-state index >= 15 is 0 Å². The maximum Gasteiger partial charge on any atom is 0.303 e. The van der Waals surface area contributed by atoms with Crippen molar-refractivity contribution in [2.24, 2.45) is 10.8 Å². The first-order valence-corrected chi connectivity index (χ1v) is 8.89. The normalized spacial score (nSPS) is 23.8. The lowest BCUT2D eigenvalue weighted by Gasteiger charge is -2.42. The Bertz CT molecular complexity index is 352. The highest BCUT2D eigenvalue weighted by Gasteiger charge is 2.40. The van der Waals surface area contributed by atoms with E-state index in [9.17, 15) is 19.8 Å². The van der Waals surface area contributed by atoms with Crippen molar-refractivity contribution in [3.05, 3.63) is 0 Å². The molecule has 0 saturated heterocycles. The molecule has 2 N–H and O–H groups in total. The van der Waals surface area contributed by atoms with E-state index < -0.39 is 11.9 Å². The summed E-state index contributed by atoms with van der Waals surface area (Å²) < 4.78 is 0. The largest absolute Gasteiger partial charge is 0.481 e. The average Bonchev–Trinajstić information content (AvgIpc) is 2.46. The molecule has 2 saturated carbocycles. The van der Waals surface area contributed by atoms with Gasteiger partial charge in [0.25, 0.3) is 0 Å². The first-order chi connectivity index (χ1) is 10.5. The van der Waals surface area contributed by atoms with Crippen LogP contribution in [-0.2, 0) is 9.59 Å². The van der Waals surface area contributed by atoms with Crippen LogP contribution in [0.3, 0.4) is 0 Å². The fourth-order valence-corrected chi connectivity index (χ4v) is 4.81. The molecule has 0 heterocycles. The third-order valence-corrected chi connectivity index (χ3v) is 6.07. The minimum Gasteiger partial charge on any atom is -0.481 e. The van der Waals surface area contributed by atoms with Gasteiger partial charge in [0.2, 0.25) is 0 Å². The van der Waals surface area contributed by atoms with Crippen LogP contribution >= 0.6 is 0 Å². The van der Waals surface area contributed by atoms with E-state index in [1.54, 1.807) is 0 Å². The van der Waals surface area contributed by atoms with Gasteiger partial charge < -0.3 is 10.2 Å². The quantitative estimate of drug-likeness (QED) is 0.719. The lowest BCUT2D eigenvalue weighted by molar-refractivity contribution is -0.143. The van der Waals surface area contributed by atoms with E-state index in [1.807, 2.05) is 0 Å². The summed E-state index contributed by atoms with van der Waals surface area (Å²) in [4.78, 5) is 22.6. The number of aliphatic carboxylic acids is 2.